The highest BCUT2D eigenvalue weighted by atomic mass is 32.2. The summed E-state index contributed by atoms with van der Waals surface area (Å²) in [6.07, 6.45) is 4.11. The highest BCUT2D eigenvalue weighted by Gasteiger charge is 2.28. The molecule has 30 heavy (non-hydrogen) atoms. The summed E-state index contributed by atoms with van der Waals surface area (Å²) in [5.41, 5.74) is 2.54. The average Bonchev–Trinajstić information content (AvgIpc) is 3.36. The number of fused-ring (bicyclic) bond motifs is 1. The van der Waals surface area contributed by atoms with E-state index in [-0.39, 0.29) is 16.8 Å². The van der Waals surface area contributed by atoms with Crippen molar-refractivity contribution in [1.82, 2.24) is 10.3 Å². The van der Waals surface area contributed by atoms with Gasteiger partial charge in [-0.25, -0.2) is 8.42 Å². The number of carbonyl (C=O) groups is 1. The topological polar surface area (TPSA) is 92.5 Å². The molecule has 0 bridgehead atoms. The molecule has 1 amide bonds. The Bertz CT molecular complexity index is 1110. The van der Waals surface area contributed by atoms with Gasteiger partial charge in [-0.1, -0.05) is 24.3 Å². The van der Waals surface area contributed by atoms with Crippen molar-refractivity contribution >= 4 is 32.9 Å². The maximum Gasteiger partial charge on any atom is 0.298 e. The van der Waals surface area contributed by atoms with Crippen LogP contribution < -0.4 is 10.2 Å². The molecule has 2 heterocycles. The number of amides is 1. The van der Waals surface area contributed by atoms with Gasteiger partial charge in [-0.3, -0.25) is 4.79 Å². The first-order valence-corrected chi connectivity index (χ1v) is 12.0. The Morgan fingerprint density at radius 2 is 1.97 bits per heavy atom. The molecule has 1 aliphatic rings. The molecule has 1 atom stereocenters. The normalized spacial score (nSPS) is 16.8. The smallest absolute Gasteiger partial charge is 0.298 e. The number of sulfone groups is 1. The van der Waals surface area contributed by atoms with Crippen LogP contribution in [-0.4, -0.2) is 44.7 Å². The fourth-order valence-corrected chi connectivity index (χ4v) is 4.39. The first-order valence-electron chi connectivity index (χ1n) is 10.1. The monoisotopic (exact) mass is 427 g/mol. The van der Waals surface area contributed by atoms with Crippen molar-refractivity contribution in [1.29, 1.82) is 0 Å². The van der Waals surface area contributed by atoms with E-state index in [2.05, 4.69) is 15.2 Å². The van der Waals surface area contributed by atoms with Crippen molar-refractivity contribution in [3.8, 4) is 0 Å². The zero-order valence-electron chi connectivity index (χ0n) is 16.9. The highest BCUT2D eigenvalue weighted by molar-refractivity contribution is 7.90. The lowest BCUT2D eigenvalue weighted by Crippen LogP contribution is -2.40. The Morgan fingerprint density at radius 1 is 1.20 bits per heavy atom. The van der Waals surface area contributed by atoms with Crippen molar-refractivity contribution in [2.45, 2.75) is 36.6 Å². The van der Waals surface area contributed by atoms with Gasteiger partial charge in [-0.05, 0) is 49.1 Å². The van der Waals surface area contributed by atoms with Gasteiger partial charge in [0.1, 0.15) is 5.52 Å². The Labute approximate surface area is 176 Å². The number of nitrogens with zero attached hydrogens (tertiary/aromatic N) is 2. The number of aromatic nitrogens is 1. The van der Waals surface area contributed by atoms with Crippen molar-refractivity contribution in [3.05, 3.63) is 54.1 Å². The summed E-state index contributed by atoms with van der Waals surface area (Å²) in [7, 11) is -3.20. The zero-order valence-corrected chi connectivity index (χ0v) is 17.7. The fraction of sp³-hybridized carbons (Fsp3) is 0.364. The predicted molar refractivity (Wildman–Crippen MR) is 115 cm³/mol. The third-order valence-corrected chi connectivity index (χ3v) is 6.56. The lowest BCUT2D eigenvalue weighted by Gasteiger charge is -2.23. The SMILES string of the molecule is CS(=O)(=O)c1ccc(CCC(=O)NCC2CCCN2c2nc3ccccc3o2)cc1. The number of benzene rings is 2. The molecule has 0 saturated carbocycles. The molecule has 0 spiro atoms. The summed E-state index contributed by atoms with van der Waals surface area (Å²) in [5.74, 6) is -0.0217. The average molecular weight is 428 g/mol. The Kier molecular flexibility index (Phi) is 5.76. The van der Waals surface area contributed by atoms with Gasteiger partial charge >= 0.3 is 0 Å². The van der Waals surface area contributed by atoms with Crippen LogP contribution in [0.15, 0.2) is 57.8 Å². The lowest BCUT2D eigenvalue weighted by atomic mass is 10.1. The van der Waals surface area contributed by atoms with E-state index in [9.17, 15) is 13.2 Å². The van der Waals surface area contributed by atoms with Crippen molar-refractivity contribution in [3.63, 3.8) is 0 Å². The summed E-state index contributed by atoms with van der Waals surface area (Å²) in [6, 6.07) is 15.1. The van der Waals surface area contributed by atoms with Crippen LogP contribution in [0.5, 0.6) is 0 Å². The third-order valence-electron chi connectivity index (χ3n) is 5.43. The van der Waals surface area contributed by atoms with Crippen LogP contribution in [0.25, 0.3) is 11.1 Å². The molecule has 1 aliphatic heterocycles. The molecule has 1 fully saturated rings. The number of hydrogen-bond donors (Lipinski definition) is 1. The standard InChI is InChI=1S/C22H25N3O4S/c1-30(27,28)18-11-8-16(9-12-18)10-13-21(26)23-15-17-5-4-14-25(17)22-24-19-6-2-3-7-20(19)29-22/h2-3,6-9,11-12,17H,4-5,10,13-15H2,1H3,(H,23,26). The Morgan fingerprint density at radius 3 is 2.70 bits per heavy atom. The summed E-state index contributed by atoms with van der Waals surface area (Å²) < 4.78 is 28.9. The molecule has 158 valence electrons. The number of hydrogen-bond acceptors (Lipinski definition) is 6. The minimum atomic E-state index is -3.20. The first kappa shape index (κ1) is 20.4. The second kappa shape index (κ2) is 8.47. The molecule has 3 aromatic rings. The second-order valence-electron chi connectivity index (χ2n) is 7.67. The molecule has 0 aliphatic carbocycles. The van der Waals surface area contributed by atoms with E-state index in [0.717, 1.165) is 36.0 Å². The molecular weight excluding hydrogens is 402 g/mol. The van der Waals surface area contributed by atoms with Gasteiger partial charge in [0, 0.05) is 25.8 Å². The van der Waals surface area contributed by atoms with E-state index in [0.29, 0.717) is 25.4 Å². The maximum absolute atomic E-state index is 12.3. The molecule has 7 nitrogen and oxygen atoms in total. The number of rotatable bonds is 7. The molecule has 4 rings (SSSR count). The van der Waals surface area contributed by atoms with Crippen LogP contribution in [0.2, 0.25) is 0 Å². The van der Waals surface area contributed by atoms with E-state index in [1.807, 2.05) is 24.3 Å². The maximum atomic E-state index is 12.3. The second-order valence-corrected chi connectivity index (χ2v) is 9.69. The molecule has 1 N–H and O–H groups in total. The largest absolute Gasteiger partial charge is 0.423 e. The lowest BCUT2D eigenvalue weighted by molar-refractivity contribution is -0.121. The van der Waals surface area contributed by atoms with Gasteiger partial charge in [-0.15, -0.1) is 0 Å². The third kappa shape index (κ3) is 4.64. The van der Waals surface area contributed by atoms with Gasteiger partial charge < -0.3 is 14.6 Å². The van der Waals surface area contributed by atoms with Gasteiger partial charge in [-0.2, -0.15) is 4.98 Å². The van der Waals surface area contributed by atoms with Crippen LogP contribution in [0, 0.1) is 0 Å². The van der Waals surface area contributed by atoms with Crippen molar-refractivity contribution in [2.75, 3.05) is 24.2 Å². The molecule has 0 radical (unpaired) electrons. The van der Waals surface area contributed by atoms with Crippen LogP contribution in [0.3, 0.4) is 0 Å². The quantitative estimate of drug-likeness (QED) is 0.623. The fourth-order valence-electron chi connectivity index (χ4n) is 3.76. The molecule has 1 aromatic heterocycles. The molecule has 1 unspecified atom stereocenters. The Hall–Kier alpha value is -2.87. The number of aryl methyl sites for hydroxylation is 1. The zero-order chi connectivity index (χ0) is 21.1. The van der Waals surface area contributed by atoms with Crippen LogP contribution in [0.1, 0.15) is 24.8 Å². The summed E-state index contributed by atoms with van der Waals surface area (Å²) in [6.45, 7) is 1.41. The van der Waals surface area contributed by atoms with Crippen LogP contribution >= 0.6 is 0 Å². The van der Waals surface area contributed by atoms with E-state index in [4.69, 9.17) is 4.42 Å². The van der Waals surface area contributed by atoms with E-state index < -0.39 is 9.84 Å². The number of carbonyl (C=O) groups excluding carboxylic acids is 1. The minimum absolute atomic E-state index is 0.0217. The van der Waals surface area contributed by atoms with E-state index >= 15 is 0 Å². The van der Waals surface area contributed by atoms with Crippen LogP contribution in [0.4, 0.5) is 6.01 Å². The van der Waals surface area contributed by atoms with E-state index in [1.165, 1.54) is 6.26 Å². The molecular formula is C22H25N3O4S. The number of anilines is 1. The number of oxazole rings is 1. The van der Waals surface area contributed by atoms with E-state index in [1.54, 1.807) is 24.3 Å². The molecule has 2 aromatic carbocycles. The molecule has 1 saturated heterocycles. The summed E-state index contributed by atoms with van der Waals surface area (Å²) >= 11 is 0. The van der Waals surface area contributed by atoms with Crippen molar-refractivity contribution in [2.24, 2.45) is 0 Å². The number of para-hydroxylation sites is 2. The summed E-state index contributed by atoms with van der Waals surface area (Å²) in [4.78, 5) is 19.3. The number of nitrogens with one attached hydrogen (secondary N) is 1. The van der Waals surface area contributed by atoms with Crippen molar-refractivity contribution < 1.29 is 17.6 Å². The van der Waals surface area contributed by atoms with Gasteiger partial charge in [0.05, 0.1) is 10.9 Å². The highest BCUT2D eigenvalue weighted by Crippen LogP contribution is 2.28. The summed E-state index contributed by atoms with van der Waals surface area (Å²) in [5, 5.41) is 3.02. The Balaban J connectivity index is 1.30. The minimum Gasteiger partial charge on any atom is -0.423 e. The first-order chi connectivity index (χ1) is 14.4. The predicted octanol–water partition coefficient (Wildman–Crippen LogP) is 2.95. The molecule has 8 heteroatoms. The van der Waals surface area contributed by atoms with Crippen LogP contribution in [-0.2, 0) is 21.1 Å². The van der Waals surface area contributed by atoms with Gasteiger partial charge in [0.25, 0.3) is 6.01 Å². The van der Waals surface area contributed by atoms with Gasteiger partial charge in [0.2, 0.25) is 5.91 Å². The van der Waals surface area contributed by atoms with Gasteiger partial charge in [0.15, 0.2) is 15.4 Å².